The third-order valence-corrected chi connectivity index (χ3v) is 5.88. The number of halogens is 1. The number of methoxy groups -OCH3 is 2. The number of piperidine rings is 1. The van der Waals surface area contributed by atoms with Crippen molar-refractivity contribution in [3.8, 4) is 11.5 Å². The number of nitrogens with one attached hydrogen (secondary N) is 1. The van der Waals surface area contributed by atoms with Gasteiger partial charge in [-0.05, 0) is 60.7 Å². The van der Waals surface area contributed by atoms with Crippen molar-refractivity contribution in [3.63, 3.8) is 0 Å². The Morgan fingerprint density at radius 3 is 2.52 bits per heavy atom. The van der Waals surface area contributed by atoms with Crippen LogP contribution in [0.1, 0.15) is 28.8 Å². The van der Waals surface area contributed by atoms with E-state index in [1.165, 1.54) is 0 Å². The second-order valence-corrected chi connectivity index (χ2v) is 8.35. The summed E-state index contributed by atoms with van der Waals surface area (Å²) >= 11 is 3.43. The van der Waals surface area contributed by atoms with Crippen molar-refractivity contribution in [1.29, 1.82) is 0 Å². The highest BCUT2D eigenvalue weighted by Crippen LogP contribution is 2.27. The number of ether oxygens (including phenoxy) is 2. The Morgan fingerprint density at radius 2 is 1.84 bits per heavy atom. The smallest absolute Gasteiger partial charge is 0.251 e. The molecule has 2 amide bonds. The van der Waals surface area contributed by atoms with E-state index in [0.29, 0.717) is 42.6 Å². The SMILES string of the molecule is COc1ccc(C(=O)NCC2CCN(C(=O)/C=C/c3cccc(Br)c3)CC2)cc1OC. The molecule has 164 valence electrons. The van der Waals surface area contributed by atoms with Crippen LogP contribution in [0, 0.1) is 5.92 Å². The Labute approximate surface area is 191 Å². The van der Waals surface area contributed by atoms with Crippen molar-refractivity contribution in [2.75, 3.05) is 33.9 Å². The van der Waals surface area contributed by atoms with E-state index in [1.54, 1.807) is 38.5 Å². The van der Waals surface area contributed by atoms with Gasteiger partial charge < -0.3 is 19.7 Å². The maximum absolute atomic E-state index is 12.5. The molecule has 0 aromatic heterocycles. The molecule has 1 heterocycles. The van der Waals surface area contributed by atoms with Crippen molar-refractivity contribution in [2.45, 2.75) is 12.8 Å². The van der Waals surface area contributed by atoms with Crippen LogP contribution in [0.5, 0.6) is 11.5 Å². The Morgan fingerprint density at radius 1 is 1.10 bits per heavy atom. The van der Waals surface area contributed by atoms with E-state index in [0.717, 1.165) is 22.9 Å². The minimum Gasteiger partial charge on any atom is -0.493 e. The Kier molecular flexibility index (Phi) is 8.12. The standard InChI is InChI=1S/C24H27BrN2O4/c1-30-21-8-7-19(15-22(21)31-2)24(29)26-16-18-10-12-27(13-11-18)23(28)9-6-17-4-3-5-20(25)14-17/h3-9,14-15,18H,10-13,16H2,1-2H3,(H,26,29)/b9-6+. The molecule has 0 saturated carbocycles. The molecular weight excluding hydrogens is 460 g/mol. The molecule has 0 spiro atoms. The van der Waals surface area contributed by atoms with Crippen LogP contribution in [0.15, 0.2) is 53.0 Å². The summed E-state index contributed by atoms with van der Waals surface area (Å²) in [4.78, 5) is 26.8. The van der Waals surface area contributed by atoms with Gasteiger partial charge >= 0.3 is 0 Å². The number of amides is 2. The zero-order chi connectivity index (χ0) is 22.2. The molecule has 0 radical (unpaired) electrons. The van der Waals surface area contributed by atoms with Crippen LogP contribution in [-0.4, -0.2) is 50.6 Å². The molecule has 2 aromatic carbocycles. The second-order valence-electron chi connectivity index (χ2n) is 7.44. The van der Waals surface area contributed by atoms with Crippen LogP contribution in [0.4, 0.5) is 0 Å². The normalized spacial score (nSPS) is 14.5. The number of carbonyl (C=O) groups is 2. The van der Waals surface area contributed by atoms with Gasteiger partial charge in [-0.25, -0.2) is 0 Å². The summed E-state index contributed by atoms with van der Waals surface area (Å²) < 4.78 is 11.5. The monoisotopic (exact) mass is 486 g/mol. The second kappa shape index (κ2) is 11.0. The highest BCUT2D eigenvalue weighted by Gasteiger charge is 2.22. The maximum atomic E-state index is 12.5. The van der Waals surface area contributed by atoms with Gasteiger partial charge in [-0.3, -0.25) is 9.59 Å². The van der Waals surface area contributed by atoms with Gasteiger partial charge in [0.05, 0.1) is 14.2 Å². The van der Waals surface area contributed by atoms with Crippen molar-refractivity contribution >= 4 is 33.8 Å². The molecule has 1 aliphatic rings. The van der Waals surface area contributed by atoms with E-state index in [4.69, 9.17) is 9.47 Å². The van der Waals surface area contributed by atoms with E-state index in [9.17, 15) is 9.59 Å². The summed E-state index contributed by atoms with van der Waals surface area (Å²) in [6.07, 6.45) is 5.19. The average molecular weight is 487 g/mol. The van der Waals surface area contributed by atoms with Crippen LogP contribution >= 0.6 is 15.9 Å². The maximum Gasteiger partial charge on any atom is 0.251 e. The van der Waals surface area contributed by atoms with Crippen LogP contribution in [0.3, 0.4) is 0 Å². The van der Waals surface area contributed by atoms with Gasteiger partial charge in [0.2, 0.25) is 5.91 Å². The topological polar surface area (TPSA) is 67.9 Å². The highest BCUT2D eigenvalue weighted by atomic mass is 79.9. The van der Waals surface area contributed by atoms with Crippen LogP contribution in [0.25, 0.3) is 6.08 Å². The number of nitrogens with zero attached hydrogens (tertiary/aromatic N) is 1. The molecule has 0 unspecified atom stereocenters. The number of benzene rings is 2. The predicted octanol–water partition coefficient (Wildman–Crippen LogP) is 4.15. The van der Waals surface area contributed by atoms with Gasteiger partial charge in [-0.1, -0.05) is 28.1 Å². The van der Waals surface area contributed by atoms with Crippen molar-refractivity contribution in [2.24, 2.45) is 5.92 Å². The lowest BCUT2D eigenvalue weighted by atomic mass is 9.96. The minimum atomic E-state index is -0.142. The van der Waals surface area contributed by atoms with Crippen LogP contribution in [0.2, 0.25) is 0 Å². The molecule has 6 nitrogen and oxygen atoms in total. The molecule has 0 bridgehead atoms. The summed E-state index contributed by atoms with van der Waals surface area (Å²) in [6.45, 7) is 1.97. The van der Waals surface area contributed by atoms with E-state index in [2.05, 4.69) is 21.2 Å². The number of hydrogen-bond donors (Lipinski definition) is 1. The lowest BCUT2D eigenvalue weighted by molar-refractivity contribution is -0.127. The van der Waals surface area contributed by atoms with Gasteiger partial charge in [0.25, 0.3) is 5.91 Å². The van der Waals surface area contributed by atoms with E-state index in [-0.39, 0.29) is 11.8 Å². The first kappa shape index (κ1) is 22.9. The number of likely N-dealkylation sites (tertiary alicyclic amines) is 1. The first-order valence-corrected chi connectivity index (χ1v) is 11.0. The van der Waals surface area contributed by atoms with Gasteiger partial charge in [0.15, 0.2) is 11.5 Å². The molecular formula is C24H27BrN2O4. The largest absolute Gasteiger partial charge is 0.493 e. The number of hydrogen-bond acceptors (Lipinski definition) is 4. The molecule has 1 N–H and O–H groups in total. The van der Waals surface area contributed by atoms with Gasteiger partial charge in [-0.2, -0.15) is 0 Å². The van der Waals surface area contributed by atoms with Crippen molar-refractivity contribution in [1.82, 2.24) is 10.2 Å². The Bertz CT molecular complexity index is 952. The Hall–Kier alpha value is -2.80. The zero-order valence-electron chi connectivity index (χ0n) is 17.8. The molecule has 1 fully saturated rings. The highest BCUT2D eigenvalue weighted by molar-refractivity contribution is 9.10. The number of rotatable bonds is 7. The summed E-state index contributed by atoms with van der Waals surface area (Å²) in [7, 11) is 3.10. The van der Waals surface area contributed by atoms with Gasteiger partial charge in [-0.15, -0.1) is 0 Å². The first-order valence-electron chi connectivity index (χ1n) is 10.2. The fraction of sp³-hybridized carbons (Fsp3) is 0.333. The lowest BCUT2D eigenvalue weighted by Gasteiger charge is -2.31. The summed E-state index contributed by atoms with van der Waals surface area (Å²) in [5, 5.41) is 3.00. The average Bonchev–Trinajstić information content (AvgIpc) is 2.80. The fourth-order valence-electron chi connectivity index (χ4n) is 3.56. The van der Waals surface area contributed by atoms with E-state index >= 15 is 0 Å². The summed E-state index contributed by atoms with van der Waals surface area (Å²) in [5.41, 5.74) is 1.51. The zero-order valence-corrected chi connectivity index (χ0v) is 19.4. The lowest BCUT2D eigenvalue weighted by Crippen LogP contribution is -2.41. The molecule has 2 aromatic rings. The van der Waals surface area contributed by atoms with Crippen LogP contribution < -0.4 is 14.8 Å². The first-order chi connectivity index (χ1) is 15.0. The third-order valence-electron chi connectivity index (χ3n) is 5.39. The van der Waals surface area contributed by atoms with E-state index in [1.807, 2.05) is 35.2 Å². The summed E-state index contributed by atoms with van der Waals surface area (Å²) in [6, 6.07) is 12.9. The molecule has 1 saturated heterocycles. The molecule has 0 aliphatic carbocycles. The minimum absolute atomic E-state index is 0.0211. The molecule has 7 heteroatoms. The molecule has 31 heavy (non-hydrogen) atoms. The van der Waals surface area contributed by atoms with Crippen molar-refractivity contribution < 1.29 is 19.1 Å². The fourth-order valence-corrected chi connectivity index (χ4v) is 3.97. The molecule has 0 atom stereocenters. The van der Waals surface area contributed by atoms with Crippen LogP contribution in [-0.2, 0) is 4.79 Å². The molecule has 1 aliphatic heterocycles. The Balaban J connectivity index is 1.45. The molecule has 3 rings (SSSR count). The van der Waals surface area contributed by atoms with Gasteiger partial charge in [0, 0.05) is 35.7 Å². The number of carbonyl (C=O) groups excluding carboxylic acids is 2. The van der Waals surface area contributed by atoms with Crippen molar-refractivity contribution in [3.05, 3.63) is 64.1 Å². The van der Waals surface area contributed by atoms with E-state index < -0.39 is 0 Å². The predicted molar refractivity (Wildman–Crippen MR) is 124 cm³/mol. The quantitative estimate of drug-likeness (QED) is 0.596. The summed E-state index contributed by atoms with van der Waals surface area (Å²) in [5.74, 6) is 1.34. The van der Waals surface area contributed by atoms with Gasteiger partial charge in [0.1, 0.15) is 0 Å². The third kappa shape index (κ3) is 6.34.